The standard InChI is InChI=1S/C23H21N5O3S/c1-31-18-11-9-16(10-12-18)14-24-20(29)15-25-23(30)21-26-22(19-8-5-13-32-19)28(27-21)17-6-3-2-4-7-17/h2-13H,14-15H2,1H3,(H,24,29)(H,25,30). The molecule has 0 saturated heterocycles. The number of aromatic nitrogens is 3. The van der Waals surface area contributed by atoms with Crippen molar-refractivity contribution in [2.24, 2.45) is 0 Å². The van der Waals surface area contributed by atoms with Crippen molar-refractivity contribution in [2.75, 3.05) is 13.7 Å². The molecule has 0 radical (unpaired) electrons. The van der Waals surface area contributed by atoms with Crippen molar-refractivity contribution in [3.05, 3.63) is 83.5 Å². The lowest BCUT2D eigenvalue weighted by Crippen LogP contribution is -2.37. The topological polar surface area (TPSA) is 98.1 Å². The van der Waals surface area contributed by atoms with Gasteiger partial charge in [-0.25, -0.2) is 9.67 Å². The highest BCUT2D eigenvalue weighted by Crippen LogP contribution is 2.25. The van der Waals surface area contributed by atoms with E-state index in [-0.39, 0.29) is 18.3 Å². The number of para-hydroxylation sites is 1. The summed E-state index contributed by atoms with van der Waals surface area (Å²) in [5.41, 5.74) is 1.72. The molecule has 8 nitrogen and oxygen atoms in total. The van der Waals surface area contributed by atoms with Crippen molar-refractivity contribution < 1.29 is 14.3 Å². The van der Waals surface area contributed by atoms with Crippen molar-refractivity contribution in [2.45, 2.75) is 6.54 Å². The molecule has 4 aromatic rings. The van der Waals surface area contributed by atoms with Gasteiger partial charge in [-0.2, -0.15) is 0 Å². The number of ether oxygens (including phenoxy) is 1. The zero-order valence-corrected chi connectivity index (χ0v) is 18.1. The quantitative estimate of drug-likeness (QED) is 0.433. The second kappa shape index (κ2) is 9.88. The van der Waals surface area contributed by atoms with Gasteiger partial charge in [0.05, 0.1) is 24.2 Å². The Morgan fingerprint density at radius 3 is 2.47 bits per heavy atom. The van der Waals surface area contributed by atoms with Crippen LogP contribution in [0.3, 0.4) is 0 Å². The first-order valence-corrected chi connectivity index (χ1v) is 10.8. The molecule has 4 rings (SSSR count). The van der Waals surface area contributed by atoms with Gasteiger partial charge in [0, 0.05) is 6.54 Å². The van der Waals surface area contributed by atoms with E-state index in [4.69, 9.17) is 4.74 Å². The van der Waals surface area contributed by atoms with Crippen LogP contribution in [0.15, 0.2) is 72.1 Å². The molecular weight excluding hydrogens is 426 g/mol. The lowest BCUT2D eigenvalue weighted by molar-refractivity contribution is -0.120. The third kappa shape index (κ3) is 5.01. The molecule has 9 heteroatoms. The van der Waals surface area contributed by atoms with E-state index in [2.05, 4.69) is 20.7 Å². The molecule has 0 aliphatic carbocycles. The second-order valence-corrected chi connectivity index (χ2v) is 7.74. The fourth-order valence-electron chi connectivity index (χ4n) is 2.97. The first-order valence-electron chi connectivity index (χ1n) is 9.88. The summed E-state index contributed by atoms with van der Waals surface area (Å²) in [6.45, 7) is 0.172. The maximum absolute atomic E-state index is 12.6. The Kier molecular flexibility index (Phi) is 6.57. The molecule has 0 aliphatic rings. The zero-order valence-electron chi connectivity index (χ0n) is 17.3. The number of rotatable bonds is 8. The van der Waals surface area contributed by atoms with Crippen LogP contribution in [0.5, 0.6) is 5.75 Å². The van der Waals surface area contributed by atoms with E-state index in [1.54, 1.807) is 11.8 Å². The summed E-state index contributed by atoms with van der Waals surface area (Å²) in [6, 6.07) is 20.7. The lowest BCUT2D eigenvalue weighted by atomic mass is 10.2. The summed E-state index contributed by atoms with van der Waals surface area (Å²) in [6.07, 6.45) is 0. The molecule has 0 aliphatic heterocycles. The van der Waals surface area contributed by atoms with Crippen LogP contribution in [-0.4, -0.2) is 40.2 Å². The number of methoxy groups -OCH3 is 1. The predicted octanol–water partition coefficient (Wildman–Crippen LogP) is 3.05. The Bertz CT molecular complexity index is 1190. The largest absolute Gasteiger partial charge is 0.497 e. The molecule has 32 heavy (non-hydrogen) atoms. The number of nitrogens with one attached hydrogen (secondary N) is 2. The highest BCUT2D eigenvalue weighted by atomic mass is 32.1. The minimum absolute atomic E-state index is 0.000192. The van der Waals surface area contributed by atoms with Gasteiger partial charge in [-0.05, 0) is 41.3 Å². The van der Waals surface area contributed by atoms with Crippen molar-refractivity contribution in [3.8, 4) is 22.1 Å². The monoisotopic (exact) mass is 447 g/mol. The van der Waals surface area contributed by atoms with Crippen LogP contribution >= 0.6 is 11.3 Å². The van der Waals surface area contributed by atoms with E-state index in [0.29, 0.717) is 12.4 Å². The Morgan fingerprint density at radius 1 is 1.00 bits per heavy atom. The minimum Gasteiger partial charge on any atom is -0.497 e. The van der Waals surface area contributed by atoms with Crippen molar-refractivity contribution >= 4 is 23.2 Å². The van der Waals surface area contributed by atoms with E-state index < -0.39 is 5.91 Å². The van der Waals surface area contributed by atoms with Crippen molar-refractivity contribution in [3.63, 3.8) is 0 Å². The van der Waals surface area contributed by atoms with Crippen LogP contribution in [0, 0.1) is 0 Å². The second-order valence-electron chi connectivity index (χ2n) is 6.79. The molecule has 2 heterocycles. The van der Waals surface area contributed by atoms with Crippen LogP contribution < -0.4 is 15.4 Å². The lowest BCUT2D eigenvalue weighted by Gasteiger charge is -2.07. The predicted molar refractivity (Wildman–Crippen MR) is 122 cm³/mol. The van der Waals surface area contributed by atoms with Gasteiger partial charge < -0.3 is 15.4 Å². The van der Waals surface area contributed by atoms with Crippen LogP contribution in [-0.2, 0) is 11.3 Å². The van der Waals surface area contributed by atoms with E-state index in [1.165, 1.54) is 11.3 Å². The minimum atomic E-state index is -0.517. The summed E-state index contributed by atoms with van der Waals surface area (Å²) < 4.78 is 6.75. The van der Waals surface area contributed by atoms with Gasteiger partial charge in [0.15, 0.2) is 5.82 Å². The van der Waals surface area contributed by atoms with Crippen LogP contribution in [0.4, 0.5) is 0 Å². The number of hydrogen-bond acceptors (Lipinski definition) is 6. The number of carbonyl (C=O) groups excluding carboxylic acids is 2. The number of hydrogen-bond donors (Lipinski definition) is 2. The fourth-order valence-corrected chi connectivity index (χ4v) is 3.67. The SMILES string of the molecule is COc1ccc(CNC(=O)CNC(=O)c2nc(-c3cccs3)n(-c3ccccc3)n2)cc1. The van der Waals surface area contributed by atoms with Gasteiger partial charge in [-0.1, -0.05) is 36.4 Å². The third-order valence-electron chi connectivity index (χ3n) is 4.61. The molecule has 0 bridgehead atoms. The Balaban J connectivity index is 1.40. The van der Waals surface area contributed by atoms with Gasteiger partial charge in [0.1, 0.15) is 5.75 Å². The molecule has 2 aromatic carbocycles. The summed E-state index contributed by atoms with van der Waals surface area (Å²) in [5.74, 6) is 0.490. The number of benzene rings is 2. The van der Waals surface area contributed by atoms with E-state index in [0.717, 1.165) is 21.9 Å². The van der Waals surface area contributed by atoms with Crippen LogP contribution in [0.2, 0.25) is 0 Å². The average Bonchev–Trinajstić information content (AvgIpc) is 3.52. The summed E-state index contributed by atoms with van der Waals surface area (Å²) in [7, 11) is 1.60. The molecule has 2 N–H and O–H groups in total. The number of amides is 2. The Hall–Kier alpha value is -3.98. The smallest absolute Gasteiger partial charge is 0.291 e. The Morgan fingerprint density at radius 2 is 1.78 bits per heavy atom. The highest BCUT2D eigenvalue weighted by Gasteiger charge is 2.19. The van der Waals surface area contributed by atoms with Crippen LogP contribution in [0.25, 0.3) is 16.4 Å². The number of thiophene rings is 1. The van der Waals surface area contributed by atoms with Gasteiger partial charge in [0.25, 0.3) is 5.91 Å². The van der Waals surface area contributed by atoms with E-state index in [1.807, 2.05) is 72.1 Å². The maximum atomic E-state index is 12.6. The molecular formula is C23H21N5O3S. The first-order chi connectivity index (χ1) is 15.6. The molecule has 2 aromatic heterocycles. The highest BCUT2D eigenvalue weighted by molar-refractivity contribution is 7.13. The Labute approximate surface area is 188 Å². The molecule has 0 saturated carbocycles. The van der Waals surface area contributed by atoms with E-state index >= 15 is 0 Å². The molecule has 162 valence electrons. The maximum Gasteiger partial charge on any atom is 0.291 e. The van der Waals surface area contributed by atoms with E-state index in [9.17, 15) is 9.59 Å². The zero-order chi connectivity index (χ0) is 22.3. The van der Waals surface area contributed by atoms with Crippen molar-refractivity contribution in [1.82, 2.24) is 25.4 Å². The first kappa shape index (κ1) is 21.3. The summed E-state index contributed by atoms with van der Waals surface area (Å²) in [4.78, 5) is 30.1. The molecule has 0 atom stereocenters. The van der Waals surface area contributed by atoms with Gasteiger partial charge in [0.2, 0.25) is 11.7 Å². The average molecular weight is 448 g/mol. The summed E-state index contributed by atoms with van der Waals surface area (Å²) in [5, 5.41) is 11.7. The normalized spacial score (nSPS) is 10.5. The number of nitrogens with zero attached hydrogens (tertiary/aromatic N) is 3. The van der Waals surface area contributed by atoms with Crippen LogP contribution in [0.1, 0.15) is 16.2 Å². The third-order valence-corrected chi connectivity index (χ3v) is 5.48. The van der Waals surface area contributed by atoms with Gasteiger partial charge in [-0.15, -0.1) is 16.4 Å². The van der Waals surface area contributed by atoms with Gasteiger partial charge >= 0.3 is 0 Å². The van der Waals surface area contributed by atoms with Crippen molar-refractivity contribution in [1.29, 1.82) is 0 Å². The fraction of sp³-hybridized carbons (Fsp3) is 0.130. The van der Waals surface area contributed by atoms with Gasteiger partial charge in [-0.3, -0.25) is 9.59 Å². The summed E-state index contributed by atoms with van der Waals surface area (Å²) >= 11 is 1.51. The molecule has 0 spiro atoms. The molecule has 0 unspecified atom stereocenters. The molecule has 0 fully saturated rings. The molecule has 2 amide bonds. The number of carbonyl (C=O) groups is 2.